The molecule has 7 heteroatoms. The van der Waals surface area contributed by atoms with Crippen molar-refractivity contribution in [1.29, 1.82) is 0 Å². The molecule has 4 rings (SSSR count). The Hall–Kier alpha value is -3.48. The van der Waals surface area contributed by atoms with Gasteiger partial charge in [-0.1, -0.05) is 60.6 Å². The molecule has 1 aromatic heterocycles. The lowest BCUT2D eigenvalue weighted by molar-refractivity contribution is -0.116. The number of nitrogens with zero attached hydrogens (tertiary/aromatic N) is 3. The molecule has 7 nitrogen and oxygen atoms in total. The van der Waals surface area contributed by atoms with Crippen LogP contribution in [0.15, 0.2) is 64.0 Å². The third-order valence-corrected chi connectivity index (χ3v) is 4.18. The van der Waals surface area contributed by atoms with Crippen LogP contribution in [0.1, 0.15) is 30.4 Å². The van der Waals surface area contributed by atoms with E-state index in [9.17, 15) is 4.79 Å². The van der Waals surface area contributed by atoms with Gasteiger partial charge >= 0.3 is 6.01 Å². The van der Waals surface area contributed by atoms with E-state index in [1.165, 1.54) is 0 Å². The summed E-state index contributed by atoms with van der Waals surface area (Å²) in [5.41, 5.74) is 3.21. The molecule has 0 bridgehead atoms. The number of rotatable bonds is 5. The Morgan fingerprint density at radius 3 is 2.67 bits per heavy atom. The van der Waals surface area contributed by atoms with Crippen LogP contribution in [0.3, 0.4) is 0 Å². The van der Waals surface area contributed by atoms with Crippen molar-refractivity contribution in [3.8, 4) is 0 Å². The fraction of sp³-hybridized carbons (Fsp3) is 0.200. The Morgan fingerprint density at radius 2 is 1.85 bits per heavy atom. The average molecular weight is 361 g/mol. The molecule has 1 aliphatic heterocycles. The maximum atomic E-state index is 12.7. The predicted molar refractivity (Wildman–Crippen MR) is 103 cm³/mol. The number of aryl methyl sites for hydroxylation is 1. The Labute approximate surface area is 156 Å². The van der Waals surface area contributed by atoms with Crippen molar-refractivity contribution in [2.75, 3.05) is 10.6 Å². The zero-order chi connectivity index (χ0) is 18.6. The molecular formula is C20H19N5O2. The number of nitrogens with one attached hydrogen (secondary N) is 2. The third kappa shape index (κ3) is 3.57. The SMILES string of the molecule is CCCc1nnc(NC2N=C(c3ccccc3)c3ccccc3NC2=O)o1. The number of carbonyl (C=O) groups is 1. The van der Waals surface area contributed by atoms with Gasteiger partial charge in [0.15, 0.2) is 0 Å². The largest absolute Gasteiger partial charge is 0.408 e. The second kappa shape index (κ2) is 7.41. The van der Waals surface area contributed by atoms with E-state index in [0.717, 1.165) is 23.3 Å². The average Bonchev–Trinajstić information content (AvgIpc) is 3.08. The summed E-state index contributed by atoms with van der Waals surface area (Å²) in [6.07, 6.45) is 0.703. The van der Waals surface area contributed by atoms with Crippen molar-refractivity contribution in [2.24, 2.45) is 4.99 Å². The van der Waals surface area contributed by atoms with Crippen LogP contribution in [0, 0.1) is 0 Å². The standard InChI is InChI=1S/C20H19N5O2/c1-2-8-16-24-25-20(27-16)23-18-19(26)21-15-12-7-6-11-14(15)17(22-18)13-9-4-3-5-10-13/h3-7,9-12,18H,2,8H2,1H3,(H,21,26)(H,23,25). The molecule has 0 aliphatic carbocycles. The number of benzene rings is 2. The lowest BCUT2D eigenvalue weighted by atomic mass is 10.0. The number of hydrogen-bond acceptors (Lipinski definition) is 6. The van der Waals surface area contributed by atoms with Crippen LogP contribution in [-0.2, 0) is 11.2 Å². The zero-order valence-electron chi connectivity index (χ0n) is 14.8. The second-order valence-electron chi connectivity index (χ2n) is 6.18. The van der Waals surface area contributed by atoms with Gasteiger partial charge in [0.05, 0.1) is 11.4 Å². The Kier molecular flexibility index (Phi) is 4.65. The van der Waals surface area contributed by atoms with E-state index >= 15 is 0 Å². The molecule has 0 saturated heterocycles. The Balaban J connectivity index is 1.72. The molecule has 0 fully saturated rings. The van der Waals surface area contributed by atoms with Gasteiger partial charge in [-0.2, -0.15) is 0 Å². The number of fused-ring (bicyclic) bond motifs is 1. The van der Waals surface area contributed by atoms with Crippen molar-refractivity contribution < 1.29 is 9.21 Å². The minimum atomic E-state index is -0.887. The van der Waals surface area contributed by atoms with Gasteiger partial charge in [-0.25, -0.2) is 4.99 Å². The molecule has 0 saturated carbocycles. The minimum absolute atomic E-state index is 0.181. The zero-order valence-corrected chi connectivity index (χ0v) is 14.8. The van der Waals surface area contributed by atoms with Crippen molar-refractivity contribution in [3.63, 3.8) is 0 Å². The maximum Gasteiger partial charge on any atom is 0.317 e. The number of para-hydroxylation sites is 1. The number of carbonyl (C=O) groups excluding carboxylic acids is 1. The number of benzodiazepines with no additional fused rings is 1. The second-order valence-corrected chi connectivity index (χ2v) is 6.18. The molecule has 0 radical (unpaired) electrons. The van der Waals surface area contributed by atoms with E-state index in [2.05, 4.69) is 25.8 Å². The molecule has 136 valence electrons. The van der Waals surface area contributed by atoms with Crippen LogP contribution >= 0.6 is 0 Å². The predicted octanol–water partition coefficient (Wildman–Crippen LogP) is 3.25. The lowest BCUT2D eigenvalue weighted by Crippen LogP contribution is -2.32. The minimum Gasteiger partial charge on any atom is -0.408 e. The summed E-state index contributed by atoms with van der Waals surface area (Å²) in [4.78, 5) is 17.4. The first-order valence-electron chi connectivity index (χ1n) is 8.87. The number of aromatic nitrogens is 2. The van der Waals surface area contributed by atoms with Gasteiger partial charge in [-0.15, -0.1) is 5.10 Å². The van der Waals surface area contributed by atoms with Crippen LogP contribution in [0.4, 0.5) is 11.7 Å². The highest BCUT2D eigenvalue weighted by Gasteiger charge is 2.26. The molecule has 1 aliphatic rings. The van der Waals surface area contributed by atoms with Crippen LogP contribution in [-0.4, -0.2) is 28.0 Å². The van der Waals surface area contributed by atoms with Crippen LogP contribution in [0.2, 0.25) is 0 Å². The molecule has 2 aromatic carbocycles. The van der Waals surface area contributed by atoms with E-state index < -0.39 is 6.17 Å². The Morgan fingerprint density at radius 1 is 1.07 bits per heavy atom. The lowest BCUT2D eigenvalue weighted by Gasteiger charge is -2.11. The van der Waals surface area contributed by atoms with Crippen molar-refractivity contribution >= 4 is 23.3 Å². The maximum absolute atomic E-state index is 12.7. The summed E-state index contributed by atoms with van der Waals surface area (Å²) >= 11 is 0. The topological polar surface area (TPSA) is 92.4 Å². The fourth-order valence-corrected chi connectivity index (χ4v) is 2.92. The van der Waals surface area contributed by atoms with Crippen LogP contribution in [0.25, 0.3) is 0 Å². The molecule has 3 aromatic rings. The number of hydrogen-bond donors (Lipinski definition) is 2. The summed E-state index contributed by atoms with van der Waals surface area (Å²) in [6, 6.07) is 17.5. The molecule has 1 amide bonds. The highest BCUT2D eigenvalue weighted by molar-refractivity contribution is 6.19. The van der Waals surface area contributed by atoms with E-state index in [4.69, 9.17) is 4.42 Å². The third-order valence-electron chi connectivity index (χ3n) is 4.18. The molecular weight excluding hydrogens is 342 g/mol. The molecule has 27 heavy (non-hydrogen) atoms. The highest BCUT2D eigenvalue weighted by atomic mass is 16.4. The van der Waals surface area contributed by atoms with Gasteiger partial charge in [0.1, 0.15) is 0 Å². The van der Waals surface area contributed by atoms with Crippen LogP contribution < -0.4 is 10.6 Å². The van der Waals surface area contributed by atoms with E-state index in [1.54, 1.807) is 0 Å². The van der Waals surface area contributed by atoms with Gasteiger partial charge in [-0.3, -0.25) is 4.79 Å². The first kappa shape index (κ1) is 17.0. The molecule has 0 spiro atoms. The van der Waals surface area contributed by atoms with Gasteiger partial charge in [0, 0.05) is 17.5 Å². The number of aliphatic imine (C=N–C) groups is 1. The van der Waals surface area contributed by atoms with Gasteiger partial charge in [-0.05, 0) is 12.5 Å². The Bertz CT molecular complexity index is 981. The summed E-state index contributed by atoms with van der Waals surface area (Å²) in [7, 11) is 0. The van der Waals surface area contributed by atoms with Crippen LogP contribution in [0.5, 0.6) is 0 Å². The van der Waals surface area contributed by atoms with E-state index in [0.29, 0.717) is 18.0 Å². The number of anilines is 2. The summed E-state index contributed by atoms with van der Waals surface area (Å²) in [6.45, 7) is 2.03. The molecule has 1 unspecified atom stereocenters. The van der Waals surface area contributed by atoms with E-state index in [1.807, 2.05) is 61.5 Å². The van der Waals surface area contributed by atoms with Gasteiger partial charge in [0.25, 0.3) is 5.91 Å². The van der Waals surface area contributed by atoms with E-state index in [-0.39, 0.29) is 11.9 Å². The van der Waals surface area contributed by atoms with Crippen molar-refractivity contribution in [3.05, 3.63) is 71.6 Å². The van der Waals surface area contributed by atoms with Crippen molar-refractivity contribution in [2.45, 2.75) is 25.9 Å². The molecule has 2 N–H and O–H groups in total. The first-order chi connectivity index (χ1) is 13.2. The summed E-state index contributed by atoms with van der Waals surface area (Å²) in [5.74, 6) is 0.244. The van der Waals surface area contributed by atoms with Crippen molar-refractivity contribution in [1.82, 2.24) is 10.2 Å². The highest BCUT2D eigenvalue weighted by Crippen LogP contribution is 2.24. The van der Waals surface area contributed by atoms with Gasteiger partial charge in [0.2, 0.25) is 12.1 Å². The molecule has 1 atom stereocenters. The fourth-order valence-electron chi connectivity index (χ4n) is 2.92. The number of amides is 1. The first-order valence-corrected chi connectivity index (χ1v) is 8.87. The summed E-state index contributed by atoms with van der Waals surface area (Å²) < 4.78 is 5.55. The monoisotopic (exact) mass is 361 g/mol. The smallest absolute Gasteiger partial charge is 0.317 e. The normalized spacial score (nSPS) is 16.1. The van der Waals surface area contributed by atoms with Gasteiger partial charge < -0.3 is 15.1 Å². The summed E-state index contributed by atoms with van der Waals surface area (Å²) in [5, 5.41) is 13.8. The quantitative estimate of drug-likeness (QED) is 0.728. The molecule has 2 heterocycles.